The fourth-order valence-corrected chi connectivity index (χ4v) is 3.83. The third-order valence-electron chi connectivity index (χ3n) is 5.12. The standard InChI is InChI=1S/C22H22ClN3O3/c1-28-19-10-9-17(14-20(19)29-2)24-22(27)26-13-12-25-11-3-4-18(25)21(26)15-5-7-16(23)8-6-15/h3-11,14,21H,12-13H2,1-2H3,(H,24,27). The maximum absolute atomic E-state index is 13.2. The van der Waals surface area contributed by atoms with Gasteiger partial charge >= 0.3 is 6.03 Å². The van der Waals surface area contributed by atoms with Gasteiger partial charge in [0.2, 0.25) is 0 Å². The number of carbonyl (C=O) groups excluding carboxylic acids is 1. The molecular formula is C22H22ClN3O3. The Morgan fingerprint density at radius 2 is 1.79 bits per heavy atom. The molecule has 6 nitrogen and oxygen atoms in total. The summed E-state index contributed by atoms with van der Waals surface area (Å²) in [5, 5.41) is 3.66. The van der Waals surface area contributed by atoms with Crippen LogP contribution in [0.5, 0.6) is 11.5 Å². The molecule has 1 aromatic heterocycles. The third kappa shape index (κ3) is 3.76. The number of hydrogen-bond donors (Lipinski definition) is 1. The van der Waals surface area contributed by atoms with Crippen LogP contribution < -0.4 is 14.8 Å². The Balaban J connectivity index is 1.64. The lowest BCUT2D eigenvalue weighted by Crippen LogP contribution is -2.44. The van der Waals surface area contributed by atoms with Gasteiger partial charge in [0.05, 0.1) is 20.3 Å². The molecule has 0 saturated heterocycles. The van der Waals surface area contributed by atoms with Gasteiger partial charge in [-0.05, 0) is 42.0 Å². The van der Waals surface area contributed by atoms with Gasteiger partial charge in [-0.25, -0.2) is 4.79 Å². The molecule has 0 radical (unpaired) electrons. The molecule has 2 aromatic carbocycles. The Labute approximate surface area is 174 Å². The molecule has 150 valence electrons. The lowest BCUT2D eigenvalue weighted by atomic mass is 10.0. The number of methoxy groups -OCH3 is 2. The molecule has 1 unspecified atom stereocenters. The number of fused-ring (bicyclic) bond motifs is 1. The van der Waals surface area contributed by atoms with Crippen molar-refractivity contribution in [3.63, 3.8) is 0 Å². The number of halogens is 1. The lowest BCUT2D eigenvalue weighted by molar-refractivity contribution is 0.182. The van der Waals surface area contributed by atoms with E-state index in [1.807, 2.05) is 41.4 Å². The van der Waals surface area contributed by atoms with Crippen LogP contribution in [0.1, 0.15) is 17.3 Å². The predicted octanol–water partition coefficient (Wildman–Crippen LogP) is 4.80. The maximum Gasteiger partial charge on any atom is 0.322 e. The number of rotatable bonds is 4. The third-order valence-corrected chi connectivity index (χ3v) is 5.37. The molecule has 0 aliphatic carbocycles. The van der Waals surface area contributed by atoms with Crippen LogP contribution in [0, 0.1) is 0 Å². The molecule has 1 N–H and O–H groups in total. The number of anilines is 1. The van der Waals surface area contributed by atoms with E-state index >= 15 is 0 Å². The van der Waals surface area contributed by atoms with Crippen LogP contribution in [0.4, 0.5) is 10.5 Å². The summed E-state index contributed by atoms with van der Waals surface area (Å²) in [7, 11) is 3.15. The number of nitrogens with one attached hydrogen (secondary N) is 1. The summed E-state index contributed by atoms with van der Waals surface area (Å²) >= 11 is 6.07. The summed E-state index contributed by atoms with van der Waals surface area (Å²) < 4.78 is 12.8. The van der Waals surface area contributed by atoms with Crippen molar-refractivity contribution in [3.05, 3.63) is 77.1 Å². The first kappa shape index (κ1) is 19.2. The minimum Gasteiger partial charge on any atom is -0.493 e. The van der Waals surface area contributed by atoms with Crippen molar-refractivity contribution in [2.24, 2.45) is 0 Å². The van der Waals surface area contributed by atoms with E-state index in [1.165, 1.54) is 0 Å². The highest BCUT2D eigenvalue weighted by atomic mass is 35.5. The van der Waals surface area contributed by atoms with E-state index in [4.69, 9.17) is 21.1 Å². The Hall–Kier alpha value is -3.12. The van der Waals surface area contributed by atoms with Crippen LogP contribution in [0.25, 0.3) is 0 Å². The van der Waals surface area contributed by atoms with Crippen LogP contribution in [0.3, 0.4) is 0 Å². The van der Waals surface area contributed by atoms with E-state index in [2.05, 4.69) is 16.0 Å². The van der Waals surface area contributed by atoms with Crippen molar-refractivity contribution in [2.75, 3.05) is 26.1 Å². The molecule has 3 aromatic rings. The van der Waals surface area contributed by atoms with Gasteiger partial charge in [0, 0.05) is 41.8 Å². The summed E-state index contributed by atoms with van der Waals surface area (Å²) in [5.74, 6) is 1.17. The quantitative estimate of drug-likeness (QED) is 0.671. The van der Waals surface area contributed by atoms with Gasteiger partial charge in [-0.3, -0.25) is 0 Å². The van der Waals surface area contributed by atoms with Crippen LogP contribution in [-0.4, -0.2) is 36.3 Å². The molecule has 1 aliphatic heterocycles. The molecular weight excluding hydrogens is 390 g/mol. The van der Waals surface area contributed by atoms with Crippen LogP contribution in [0.2, 0.25) is 5.02 Å². The van der Waals surface area contributed by atoms with E-state index in [0.29, 0.717) is 28.8 Å². The SMILES string of the molecule is COc1ccc(NC(=O)N2CCn3cccc3C2c2ccc(Cl)cc2)cc1OC. The lowest BCUT2D eigenvalue weighted by Gasteiger charge is -2.37. The molecule has 2 amide bonds. The largest absolute Gasteiger partial charge is 0.493 e. The predicted molar refractivity (Wildman–Crippen MR) is 113 cm³/mol. The van der Waals surface area contributed by atoms with Crippen LogP contribution in [-0.2, 0) is 6.54 Å². The van der Waals surface area contributed by atoms with Crippen LogP contribution in [0.15, 0.2) is 60.8 Å². The minimum absolute atomic E-state index is 0.176. The van der Waals surface area contributed by atoms with Crippen molar-refractivity contribution in [2.45, 2.75) is 12.6 Å². The van der Waals surface area contributed by atoms with Gasteiger partial charge in [-0.15, -0.1) is 0 Å². The fourth-order valence-electron chi connectivity index (χ4n) is 3.71. The van der Waals surface area contributed by atoms with E-state index in [9.17, 15) is 4.79 Å². The number of hydrogen-bond acceptors (Lipinski definition) is 3. The van der Waals surface area contributed by atoms with Crippen molar-refractivity contribution in [1.29, 1.82) is 0 Å². The monoisotopic (exact) mass is 411 g/mol. The second-order valence-corrected chi connectivity index (χ2v) is 7.21. The summed E-state index contributed by atoms with van der Waals surface area (Å²) in [6.45, 7) is 1.33. The van der Waals surface area contributed by atoms with Gasteiger partial charge < -0.3 is 24.3 Å². The number of carbonyl (C=O) groups is 1. The zero-order chi connectivity index (χ0) is 20.4. The summed E-state index contributed by atoms with van der Waals surface area (Å²) in [4.78, 5) is 15.1. The molecule has 0 fully saturated rings. The number of benzene rings is 2. The van der Waals surface area contributed by atoms with E-state index < -0.39 is 0 Å². The molecule has 7 heteroatoms. The zero-order valence-corrected chi connectivity index (χ0v) is 17.0. The summed E-state index contributed by atoms with van der Waals surface area (Å²) in [6.07, 6.45) is 2.04. The highest BCUT2D eigenvalue weighted by molar-refractivity contribution is 6.30. The number of urea groups is 1. The molecule has 1 aliphatic rings. The molecule has 0 spiro atoms. The topological polar surface area (TPSA) is 55.7 Å². The smallest absolute Gasteiger partial charge is 0.322 e. The number of amides is 2. The number of nitrogens with zero attached hydrogens (tertiary/aromatic N) is 2. The molecule has 1 atom stereocenters. The van der Waals surface area contributed by atoms with Gasteiger partial charge in [0.25, 0.3) is 0 Å². The fraction of sp³-hybridized carbons (Fsp3) is 0.227. The first-order valence-corrected chi connectivity index (χ1v) is 9.68. The molecule has 2 heterocycles. The minimum atomic E-state index is -0.198. The second-order valence-electron chi connectivity index (χ2n) is 6.77. The summed E-state index contributed by atoms with van der Waals surface area (Å²) in [6, 6.07) is 16.6. The Morgan fingerprint density at radius 3 is 2.52 bits per heavy atom. The first-order chi connectivity index (χ1) is 14.1. The van der Waals surface area contributed by atoms with E-state index in [-0.39, 0.29) is 12.1 Å². The molecule has 0 saturated carbocycles. The second kappa shape index (κ2) is 8.09. The van der Waals surface area contributed by atoms with Gasteiger partial charge in [0.15, 0.2) is 11.5 Å². The summed E-state index contributed by atoms with van der Waals surface area (Å²) in [5.41, 5.74) is 2.72. The molecule has 4 rings (SSSR count). The van der Waals surface area contributed by atoms with E-state index in [0.717, 1.165) is 17.8 Å². The molecule has 29 heavy (non-hydrogen) atoms. The Morgan fingerprint density at radius 1 is 1.03 bits per heavy atom. The van der Waals surface area contributed by atoms with Gasteiger partial charge in [0.1, 0.15) is 0 Å². The van der Waals surface area contributed by atoms with E-state index in [1.54, 1.807) is 32.4 Å². The Kier molecular flexibility index (Phi) is 5.36. The number of ether oxygens (including phenoxy) is 2. The normalized spacial score (nSPS) is 15.6. The van der Waals surface area contributed by atoms with Crippen molar-refractivity contribution in [1.82, 2.24) is 9.47 Å². The van der Waals surface area contributed by atoms with Crippen LogP contribution >= 0.6 is 11.6 Å². The van der Waals surface area contributed by atoms with Crippen molar-refractivity contribution < 1.29 is 14.3 Å². The van der Waals surface area contributed by atoms with Crippen molar-refractivity contribution >= 4 is 23.3 Å². The Bertz CT molecular complexity index is 1020. The van der Waals surface area contributed by atoms with Gasteiger partial charge in [-0.2, -0.15) is 0 Å². The maximum atomic E-state index is 13.2. The average molecular weight is 412 g/mol. The molecule has 0 bridgehead atoms. The zero-order valence-electron chi connectivity index (χ0n) is 16.3. The van der Waals surface area contributed by atoms with Gasteiger partial charge in [-0.1, -0.05) is 23.7 Å². The van der Waals surface area contributed by atoms with Crippen molar-refractivity contribution in [3.8, 4) is 11.5 Å². The highest BCUT2D eigenvalue weighted by Gasteiger charge is 2.32. The highest BCUT2D eigenvalue weighted by Crippen LogP contribution is 2.34. The average Bonchev–Trinajstić information content (AvgIpc) is 3.22. The number of aromatic nitrogens is 1. The first-order valence-electron chi connectivity index (χ1n) is 9.31.